The second-order valence-corrected chi connectivity index (χ2v) is 5.05. The fourth-order valence-corrected chi connectivity index (χ4v) is 2.46. The molecule has 1 N–H and O–H groups in total. The minimum Gasteiger partial charge on any atom is -0.545 e. The zero-order valence-electron chi connectivity index (χ0n) is 13.2. The van der Waals surface area contributed by atoms with Crippen molar-refractivity contribution in [2.75, 3.05) is 19.5 Å². The SMILES string of the molecule is COc1ccc(OC)c(Nc2cc(C(=O)[O-])c3ccccc3n2)c1. The van der Waals surface area contributed by atoms with Crippen molar-refractivity contribution in [3.05, 3.63) is 54.1 Å². The van der Waals surface area contributed by atoms with Crippen molar-refractivity contribution in [3.63, 3.8) is 0 Å². The third-order valence-electron chi connectivity index (χ3n) is 3.61. The van der Waals surface area contributed by atoms with Crippen LogP contribution in [0.15, 0.2) is 48.5 Å². The number of pyridine rings is 1. The van der Waals surface area contributed by atoms with Crippen molar-refractivity contribution >= 4 is 28.4 Å². The average Bonchev–Trinajstić information content (AvgIpc) is 2.60. The number of rotatable bonds is 5. The third kappa shape index (κ3) is 2.94. The second kappa shape index (κ2) is 6.45. The summed E-state index contributed by atoms with van der Waals surface area (Å²) in [4.78, 5) is 15.9. The number of hydrogen-bond acceptors (Lipinski definition) is 6. The van der Waals surface area contributed by atoms with Crippen LogP contribution in [0.3, 0.4) is 0 Å². The minimum atomic E-state index is -1.26. The molecule has 0 bridgehead atoms. The molecule has 0 radical (unpaired) electrons. The van der Waals surface area contributed by atoms with Crippen LogP contribution in [0.25, 0.3) is 10.9 Å². The first-order valence-corrected chi connectivity index (χ1v) is 7.22. The molecule has 0 fully saturated rings. The number of para-hydroxylation sites is 1. The molecule has 3 rings (SSSR count). The molecule has 0 saturated heterocycles. The van der Waals surface area contributed by atoms with E-state index in [2.05, 4.69) is 10.3 Å². The molecule has 1 aromatic heterocycles. The van der Waals surface area contributed by atoms with Crippen molar-refractivity contribution in [2.45, 2.75) is 0 Å². The Balaban J connectivity index is 2.09. The molecular formula is C18H15N2O4-. The molecule has 3 aromatic rings. The highest BCUT2D eigenvalue weighted by Gasteiger charge is 2.10. The van der Waals surface area contributed by atoms with E-state index >= 15 is 0 Å². The van der Waals surface area contributed by atoms with Gasteiger partial charge in [0.15, 0.2) is 0 Å². The number of aromatic nitrogens is 1. The van der Waals surface area contributed by atoms with Crippen LogP contribution in [-0.4, -0.2) is 25.2 Å². The van der Waals surface area contributed by atoms with Gasteiger partial charge in [-0.2, -0.15) is 0 Å². The lowest BCUT2D eigenvalue weighted by molar-refractivity contribution is -0.254. The van der Waals surface area contributed by atoms with Crippen LogP contribution in [0.4, 0.5) is 11.5 Å². The van der Waals surface area contributed by atoms with Gasteiger partial charge in [0.25, 0.3) is 0 Å². The van der Waals surface area contributed by atoms with E-state index in [0.29, 0.717) is 33.9 Å². The van der Waals surface area contributed by atoms with Gasteiger partial charge in [-0.05, 0) is 24.3 Å². The lowest BCUT2D eigenvalue weighted by Crippen LogP contribution is -2.22. The molecule has 1 heterocycles. The Morgan fingerprint density at radius 2 is 1.88 bits per heavy atom. The molecule has 122 valence electrons. The highest BCUT2D eigenvalue weighted by molar-refractivity contribution is 6.02. The molecule has 6 nitrogen and oxygen atoms in total. The number of anilines is 2. The first kappa shape index (κ1) is 15.6. The Hall–Kier alpha value is -3.28. The van der Waals surface area contributed by atoms with Crippen LogP contribution in [-0.2, 0) is 0 Å². The number of methoxy groups -OCH3 is 2. The molecule has 0 aliphatic heterocycles. The van der Waals surface area contributed by atoms with Crippen LogP contribution in [0.1, 0.15) is 10.4 Å². The van der Waals surface area contributed by atoms with E-state index in [1.165, 1.54) is 6.07 Å². The predicted octanol–water partition coefficient (Wildman–Crippen LogP) is 2.36. The number of carbonyl (C=O) groups is 1. The van der Waals surface area contributed by atoms with Crippen molar-refractivity contribution in [3.8, 4) is 11.5 Å². The maximum Gasteiger partial charge on any atom is 0.142 e. The summed E-state index contributed by atoms with van der Waals surface area (Å²) in [6.07, 6.45) is 0. The lowest BCUT2D eigenvalue weighted by atomic mass is 10.1. The number of carboxylic acids is 1. The van der Waals surface area contributed by atoms with Crippen LogP contribution in [0.5, 0.6) is 11.5 Å². The van der Waals surface area contributed by atoms with Gasteiger partial charge in [0.2, 0.25) is 0 Å². The molecule has 0 unspecified atom stereocenters. The van der Waals surface area contributed by atoms with Crippen LogP contribution >= 0.6 is 0 Å². The van der Waals surface area contributed by atoms with Crippen molar-refractivity contribution in [2.24, 2.45) is 0 Å². The molecule has 24 heavy (non-hydrogen) atoms. The van der Waals surface area contributed by atoms with Gasteiger partial charge in [0.1, 0.15) is 17.3 Å². The standard InChI is InChI=1S/C18H16N2O4/c1-23-11-7-8-16(24-2)15(9-11)20-17-10-13(18(21)22)12-5-3-4-6-14(12)19-17/h3-10H,1-2H3,(H,19,20)(H,21,22)/p-1. The fourth-order valence-electron chi connectivity index (χ4n) is 2.46. The summed E-state index contributed by atoms with van der Waals surface area (Å²) in [5.74, 6) is 0.341. The van der Waals surface area contributed by atoms with E-state index in [9.17, 15) is 9.90 Å². The Labute approximate surface area is 138 Å². The van der Waals surface area contributed by atoms with E-state index in [1.54, 1.807) is 56.7 Å². The monoisotopic (exact) mass is 323 g/mol. The summed E-state index contributed by atoms with van der Waals surface area (Å²) in [6, 6.07) is 13.7. The molecule has 0 aliphatic carbocycles. The van der Waals surface area contributed by atoms with E-state index < -0.39 is 5.97 Å². The topological polar surface area (TPSA) is 83.5 Å². The van der Waals surface area contributed by atoms with Crippen molar-refractivity contribution < 1.29 is 19.4 Å². The number of nitrogens with zero attached hydrogens (tertiary/aromatic N) is 1. The van der Waals surface area contributed by atoms with Gasteiger partial charge in [-0.15, -0.1) is 0 Å². The summed E-state index contributed by atoms with van der Waals surface area (Å²) in [5.41, 5.74) is 1.25. The molecule has 0 atom stereocenters. The average molecular weight is 323 g/mol. The van der Waals surface area contributed by atoms with Gasteiger partial charge >= 0.3 is 0 Å². The molecule has 2 aromatic carbocycles. The highest BCUT2D eigenvalue weighted by Crippen LogP contribution is 2.32. The van der Waals surface area contributed by atoms with E-state index in [1.807, 2.05) is 0 Å². The fraction of sp³-hybridized carbons (Fsp3) is 0.111. The van der Waals surface area contributed by atoms with Crippen LogP contribution in [0, 0.1) is 0 Å². The Bertz CT molecular complexity index is 909. The number of carbonyl (C=O) groups excluding carboxylic acids is 1. The van der Waals surface area contributed by atoms with Crippen LogP contribution < -0.4 is 19.9 Å². The van der Waals surface area contributed by atoms with Gasteiger partial charge in [-0.1, -0.05) is 18.2 Å². The van der Waals surface area contributed by atoms with Gasteiger partial charge in [-0.3, -0.25) is 0 Å². The molecule has 6 heteroatoms. The first-order valence-electron chi connectivity index (χ1n) is 7.22. The zero-order valence-corrected chi connectivity index (χ0v) is 13.2. The molecule has 0 amide bonds. The Morgan fingerprint density at radius 3 is 2.58 bits per heavy atom. The van der Waals surface area contributed by atoms with Crippen molar-refractivity contribution in [1.82, 2.24) is 4.98 Å². The van der Waals surface area contributed by atoms with E-state index in [0.717, 1.165) is 0 Å². The summed E-state index contributed by atoms with van der Waals surface area (Å²) in [5, 5.41) is 15.0. The number of aromatic carboxylic acids is 1. The quantitative estimate of drug-likeness (QED) is 0.776. The summed E-state index contributed by atoms with van der Waals surface area (Å²) in [6.45, 7) is 0. The smallest absolute Gasteiger partial charge is 0.142 e. The first-order chi connectivity index (χ1) is 11.6. The predicted molar refractivity (Wildman–Crippen MR) is 88.9 cm³/mol. The number of ether oxygens (including phenoxy) is 2. The second-order valence-electron chi connectivity index (χ2n) is 5.05. The maximum absolute atomic E-state index is 11.4. The maximum atomic E-state index is 11.4. The number of fused-ring (bicyclic) bond motifs is 1. The van der Waals surface area contributed by atoms with Crippen LogP contribution in [0.2, 0.25) is 0 Å². The number of nitrogens with one attached hydrogen (secondary N) is 1. The van der Waals surface area contributed by atoms with Gasteiger partial charge < -0.3 is 24.7 Å². The normalized spacial score (nSPS) is 10.4. The van der Waals surface area contributed by atoms with Gasteiger partial charge in [0.05, 0.1) is 31.4 Å². The van der Waals surface area contributed by atoms with Crippen molar-refractivity contribution in [1.29, 1.82) is 0 Å². The molecule has 0 saturated carbocycles. The van der Waals surface area contributed by atoms with E-state index in [4.69, 9.17) is 9.47 Å². The largest absolute Gasteiger partial charge is 0.545 e. The third-order valence-corrected chi connectivity index (χ3v) is 3.61. The summed E-state index contributed by atoms with van der Waals surface area (Å²) in [7, 11) is 3.11. The highest BCUT2D eigenvalue weighted by atomic mass is 16.5. The lowest BCUT2D eigenvalue weighted by Gasteiger charge is -2.14. The Kier molecular flexibility index (Phi) is 4.20. The molecule has 0 spiro atoms. The molecule has 0 aliphatic rings. The van der Waals surface area contributed by atoms with E-state index in [-0.39, 0.29) is 5.56 Å². The number of benzene rings is 2. The minimum absolute atomic E-state index is 0.0740. The number of carboxylic acid groups (broad SMARTS) is 1. The Morgan fingerprint density at radius 1 is 1.08 bits per heavy atom. The summed E-state index contributed by atoms with van der Waals surface area (Å²) >= 11 is 0. The van der Waals surface area contributed by atoms with Gasteiger partial charge in [0, 0.05) is 17.0 Å². The number of hydrogen-bond donors (Lipinski definition) is 1. The summed E-state index contributed by atoms with van der Waals surface area (Å²) < 4.78 is 10.5. The molecular weight excluding hydrogens is 308 g/mol. The zero-order chi connectivity index (χ0) is 17.1. The van der Waals surface area contributed by atoms with Gasteiger partial charge in [-0.25, -0.2) is 4.98 Å².